The summed E-state index contributed by atoms with van der Waals surface area (Å²) in [5, 5.41) is 3.62. The van der Waals surface area contributed by atoms with Crippen LogP contribution in [0.3, 0.4) is 0 Å². The summed E-state index contributed by atoms with van der Waals surface area (Å²) in [4.78, 5) is 18.2. The number of hydrogen-bond acceptors (Lipinski definition) is 3. The number of aromatic nitrogens is 2. The summed E-state index contributed by atoms with van der Waals surface area (Å²) in [6, 6.07) is 0.484. The van der Waals surface area contributed by atoms with Crippen molar-refractivity contribution in [3.63, 3.8) is 0 Å². The van der Waals surface area contributed by atoms with Gasteiger partial charge < -0.3 is 14.8 Å². The van der Waals surface area contributed by atoms with Gasteiger partial charge in [-0.15, -0.1) is 0 Å². The SMILES string of the molecule is CCC(=O)N1CC[C@@H](NCc2nccn2C)[C@@H](CC)C1. The molecule has 5 heteroatoms. The first-order chi connectivity index (χ1) is 9.65. The van der Waals surface area contributed by atoms with E-state index in [4.69, 9.17) is 0 Å². The van der Waals surface area contributed by atoms with E-state index in [0.29, 0.717) is 18.4 Å². The monoisotopic (exact) mass is 278 g/mol. The zero-order valence-corrected chi connectivity index (χ0v) is 12.8. The highest BCUT2D eigenvalue weighted by Gasteiger charge is 2.29. The lowest BCUT2D eigenvalue weighted by Gasteiger charge is -2.38. The number of rotatable bonds is 5. The van der Waals surface area contributed by atoms with Crippen molar-refractivity contribution in [1.29, 1.82) is 0 Å². The number of piperidine rings is 1. The topological polar surface area (TPSA) is 50.2 Å². The Bertz CT molecular complexity index is 443. The number of carbonyl (C=O) groups is 1. The van der Waals surface area contributed by atoms with Crippen LogP contribution in [-0.2, 0) is 18.4 Å². The molecule has 0 spiro atoms. The molecule has 0 unspecified atom stereocenters. The third kappa shape index (κ3) is 3.39. The van der Waals surface area contributed by atoms with Crippen LogP contribution in [0.15, 0.2) is 12.4 Å². The largest absolute Gasteiger partial charge is 0.342 e. The minimum absolute atomic E-state index is 0.283. The fourth-order valence-electron chi connectivity index (χ4n) is 2.95. The molecule has 5 nitrogen and oxygen atoms in total. The minimum Gasteiger partial charge on any atom is -0.342 e. The maximum absolute atomic E-state index is 11.8. The third-order valence-electron chi connectivity index (χ3n) is 4.36. The van der Waals surface area contributed by atoms with Crippen LogP contribution in [0.25, 0.3) is 0 Å². The number of amides is 1. The lowest BCUT2D eigenvalue weighted by Crippen LogP contribution is -2.50. The molecule has 1 amide bonds. The van der Waals surface area contributed by atoms with Crippen LogP contribution in [0.5, 0.6) is 0 Å². The van der Waals surface area contributed by atoms with Gasteiger partial charge in [-0.25, -0.2) is 4.98 Å². The highest BCUT2D eigenvalue weighted by atomic mass is 16.2. The first-order valence-electron chi connectivity index (χ1n) is 7.63. The molecule has 2 atom stereocenters. The standard InChI is InChI=1S/C15H26N4O/c1-4-12-11-19(15(20)5-2)8-6-13(12)17-10-14-16-7-9-18(14)3/h7,9,12-13,17H,4-6,8,10-11H2,1-3H3/t12-,13+/m0/s1. The van der Waals surface area contributed by atoms with Gasteiger partial charge in [-0.05, 0) is 12.3 Å². The zero-order valence-electron chi connectivity index (χ0n) is 12.8. The number of aryl methyl sites for hydroxylation is 1. The van der Waals surface area contributed by atoms with E-state index in [1.807, 2.05) is 35.8 Å². The van der Waals surface area contributed by atoms with Gasteiger partial charge in [0.05, 0.1) is 6.54 Å². The summed E-state index contributed by atoms with van der Waals surface area (Å²) >= 11 is 0. The van der Waals surface area contributed by atoms with E-state index in [1.54, 1.807) is 0 Å². The van der Waals surface area contributed by atoms with Crippen molar-refractivity contribution in [2.24, 2.45) is 13.0 Å². The zero-order chi connectivity index (χ0) is 14.5. The fraction of sp³-hybridized carbons (Fsp3) is 0.733. The molecule has 2 heterocycles. The first-order valence-corrected chi connectivity index (χ1v) is 7.63. The van der Waals surface area contributed by atoms with Crippen LogP contribution in [0.2, 0.25) is 0 Å². The van der Waals surface area contributed by atoms with Gasteiger partial charge in [0.25, 0.3) is 0 Å². The molecular weight excluding hydrogens is 252 g/mol. The van der Waals surface area contributed by atoms with Crippen molar-refractivity contribution >= 4 is 5.91 Å². The molecular formula is C15H26N4O. The smallest absolute Gasteiger partial charge is 0.222 e. The van der Waals surface area contributed by atoms with E-state index in [9.17, 15) is 4.79 Å². The van der Waals surface area contributed by atoms with Gasteiger partial charge in [0.1, 0.15) is 5.82 Å². The Morgan fingerprint density at radius 2 is 2.30 bits per heavy atom. The van der Waals surface area contributed by atoms with Crippen molar-refractivity contribution in [2.45, 2.75) is 45.7 Å². The summed E-state index contributed by atoms with van der Waals surface area (Å²) in [6.45, 7) is 6.71. The second kappa shape index (κ2) is 6.88. The van der Waals surface area contributed by atoms with E-state index >= 15 is 0 Å². The summed E-state index contributed by atoms with van der Waals surface area (Å²) in [5.74, 6) is 1.89. The normalized spacial score (nSPS) is 23.1. The maximum Gasteiger partial charge on any atom is 0.222 e. The predicted molar refractivity (Wildman–Crippen MR) is 79.1 cm³/mol. The number of hydrogen-bond donors (Lipinski definition) is 1. The Hall–Kier alpha value is -1.36. The van der Waals surface area contributed by atoms with Gasteiger partial charge in [-0.3, -0.25) is 4.79 Å². The van der Waals surface area contributed by atoms with E-state index in [0.717, 1.165) is 38.3 Å². The number of nitrogens with one attached hydrogen (secondary N) is 1. The quantitative estimate of drug-likeness (QED) is 0.889. The average molecular weight is 278 g/mol. The Kier molecular flexibility index (Phi) is 5.17. The molecule has 1 aliphatic heterocycles. The van der Waals surface area contributed by atoms with Crippen LogP contribution in [0.1, 0.15) is 38.9 Å². The van der Waals surface area contributed by atoms with Crippen molar-refractivity contribution in [1.82, 2.24) is 19.8 Å². The Balaban J connectivity index is 1.89. The van der Waals surface area contributed by atoms with Crippen molar-refractivity contribution in [3.05, 3.63) is 18.2 Å². The lowest BCUT2D eigenvalue weighted by atomic mass is 9.89. The minimum atomic E-state index is 0.283. The molecule has 0 radical (unpaired) electrons. The highest BCUT2D eigenvalue weighted by molar-refractivity contribution is 5.75. The Morgan fingerprint density at radius 1 is 1.50 bits per heavy atom. The van der Waals surface area contributed by atoms with Gasteiger partial charge in [0.15, 0.2) is 0 Å². The maximum atomic E-state index is 11.8. The number of nitrogens with zero attached hydrogens (tertiary/aromatic N) is 3. The highest BCUT2D eigenvalue weighted by Crippen LogP contribution is 2.21. The number of likely N-dealkylation sites (tertiary alicyclic amines) is 1. The molecule has 1 fully saturated rings. The summed E-state index contributed by atoms with van der Waals surface area (Å²) < 4.78 is 2.05. The molecule has 0 bridgehead atoms. The van der Waals surface area contributed by atoms with Crippen LogP contribution in [0.4, 0.5) is 0 Å². The van der Waals surface area contributed by atoms with Crippen LogP contribution in [-0.4, -0.2) is 39.5 Å². The molecule has 1 aromatic heterocycles. The van der Waals surface area contributed by atoms with Gasteiger partial charge >= 0.3 is 0 Å². The number of imidazole rings is 1. The molecule has 1 aromatic rings. The van der Waals surface area contributed by atoms with Crippen LogP contribution < -0.4 is 5.32 Å². The van der Waals surface area contributed by atoms with Crippen LogP contribution in [0, 0.1) is 5.92 Å². The lowest BCUT2D eigenvalue weighted by molar-refractivity contribution is -0.133. The van der Waals surface area contributed by atoms with E-state index < -0.39 is 0 Å². The van der Waals surface area contributed by atoms with E-state index in [2.05, 4.69) is 17.2 Å². The molecule has 0 saturated carbocycles. The molecule has 20 heavy (non-hydrogen) atoms. The van der Waals surface area contributed by atoms with Gasteiger partial charge in [0, 0.05) is 45.0 Å². The summed E-state index contributed by atoms with van der Waals surface area (Å²) in [6.07, 6.45) is 6.55. The fourth-order valence-corrected chi connectivity index (χ4v) is 2.95. The molecule has 0 aromatic carbocycles. The van der Waals surface area contributed by atoms with Crippen molar-refractivity contribution in [2.75, 3.05) is 13.1 Å². The number of carbonyl (C=O) groups excluding carboxylic acids is 1. The summed E-state index contributed by atoms with van der Waals surface area (Å²) in [7, 11) is 2.02. The molecule has 0 aliphatic carbocycles. The molecule has 1 saturated heterocycles. The molecule has 2 rings (SSSR count). The predicted octanol–water partition coefficient (Wildman–Crippen LogP) is 1.55. The summed E-state index contributed by atoms with van der Waals surface area (Å²) in [5.41, 5.74) is 0. The van der Waals surface area contributed by atoms with Crippen molar-refractivity contribution in [3.8, 4) is 0 Å². The molecule has 1 N–H and O–H groups in total. The Labute approximate surface area is 121 Å². The Morgan fingerprint density at radius 3 is 2.90 bits per heavy atom. The molecule has 112 valence electrons. The second-order valence-corrected chi connectivity index (χ2v) is 5.59. The first kappa shape index (κ1) is 15.0. The second-order valence-electron chi connectivity index (χ2n) is 5.59. The van der Waals surface area contributed by atoms with Crippen molar-refractivity contribution < 1.29 is 4.79 Å². The van der Waals surface area contributed by atoms with Gasteiger partial charge in [-0.2, -0.15) is 0 Å². The molecule has 1 aliphatic rings. The third-order valence-corrected chi connectivity index (χ3v) is 4.36. The van der Waals surface area contributed by atoms with E-state index in [-0.39, 0.29) is 5.91 Å². The van der Waals surface area contributed by atoms with Gasteiger partial charge in [0.2, 0.25) is 5.91 Å². The van der Waals surface area contributed by atoms with Crippen LogP contribution >= 0.6 is 0 Å². The average Bonchev–Trinajstić information content (AvgIpc) is 2.89. The van der Waals surface area contributed by atoms with E-state index in [1.165, 1.54) is 0 Å². The van der Waals surface area contributed by atoms with Gasteiger partial charge in [-0.1, -0.05) is 20.3 Å².